The maximum Gasteiger partial charge on any atom is 0.119 e. The van der Waals surface area contributed by atoms with Gasteiger partial charge in [-0.25, -0.2) is 4.68 Å². The van der Waals surface area contributed by atoms with E-state index in [1.54, 1.807) is 0 Å². The van der Waals surface area contributed by atoms with Crippen molar-refractivity contribution < 1.29 is 4.74 Å². The van der Waals surface area contributed by atoms with Gasteiger partial charge in [-0.15, -0.1) is 16.7 Å². The van der Waals surface area contributed by atoms with Gasteiger partial charge >= 0.3 is 0 Å². The van der Waals surface area contributed by atoms with Crippen LogP contribution < -0.4 is 4.74 Å². The lowest BCUT2D eigenvalue weighted by atomic mass is 10.2. The summed E-state index contributed by atoms with van der Waals surface area (Å²) in [5.41, 5.74) is 2.17. The lowest BCUT2D eigenvalue weighted by Gasteiger charge is -2.04. The van der Waals surface area contributed by atoms with E-state index in [0.29, 0.717) is 12.5 Å². The molecule has 0 spiro atoms. The fourth-order valence-corrected chi connectivity index (χ4v) is 1.96. The molecule has 0 fully saturated rings. The minimum atomic E-state index is 0.658. The normalized spacial score (nSPS) is 10.6. The van der Waals surface area contributed by atoms with Gasteiger partial charge in [-0.1, -0.05) is 17.3 Å². The van der Waals surface area contributed by atoms with E-state index in [1.807, 2.05) is 42.1 Å². The predicted octanol–water partition coefficient (Wildman–Crippen LogP) is 2.90. The molecule has 19 heavy (non-hydrogen) atoms. The van der Waals surface area contributed by atoms with Gasteiger partial charge in [-0.3, -0.25) is 0 Å². The molecule has 0 aliphatic carbocycles. The molecule has 0 unspecified atom stereocenters. The standard InChI is InChI=1S/C14H18ClN3O/c1-2-19-14-7-5-12(6-8-14)10-18-11-13(16-17-18)4-3-9-15/h5-8,11H,2-4,9-10H2,1H3. The van der Waals surface area contributed by atoms with Crippen LogP contribution in [0.2, 0.25) is 0 Å². The highest BCUT2D eigenvalue weighted by Gasteiger charge is 2.02. The zero-order chi connectivity index (χ0) is 13.5. The summed E-state index contributed by atoms with van der Waals surface area (Å²) in [6, 6.07) is 8.05. The Bertz CT molecular complexity index is 496. The average molecular weight is 280 g/mol. The number of hydrogen-bond donors (Lipinski definition) is 0. The highest BCUT2D eigenvalue weighted by molar-refractivity contribution is 6.17. The first-order valence-corrected chi connectivity index (χ1v) is 7.02. The van der Waals surface area contributed by atoms with Gasteiger partial charge in [0, 0.05) is 12.1 Å². The summed E-state index contributed by atoms with van der Waals surface area (Å²) in [6.07, 6.45) is 3.79. The van der Waals surface area contributed by atoms with Gasteiger partial charge in [0.2, 0.25) is 0 Å². The highest BCUT2D eigenvalue weighted by atomic mass is 35.5. The van der Waals surface area contributed by atoms with Crippen LogP contribution in [-0.4, -0.2) is 27.5 Å². The van der Waals surface area contributed by atoms with E-state index in [0.717, 1.165) is 30.8 Å². The zero-order valence-corrected chi connectivity index (χ0v) is 11.8. The molecule has 2 rings (SSSR count). The van der Waals surface area contributed by atoms with E-state index in [4.69, 9.17) is 16.3 Å². The summed E-state index contributed by atoms with van der Waals surface area (Å²) < 4.78 is 7.26. The number of benzene rings is 1. The number of hydrogen-bond acceptors (Lipinski definition) is 3. The van der Waals surface area contributed by atoms with Crippen LogP contribution in [0.1, 0.15) is 24.6 Å². The van der Waals surface area contributed by atoms with Gasteiger partial charge in [-0.2, -0.15) is 0 Å². The predicted molar refractivity (Wildman–Crippen MR) is 75.8 cm³/mol. The summed E-state index contributed by atoms with van der Waals surface area (Å²) in [4.78, 5) is 0. The molecule has 0 saturated carbocycles. The van der Waals surface area contributed by atoms with Crippen molar-refractivity contribution in [1.82, 2.24) is 15.0 Å². The molecule has 5 heteroatoms. The van der Waals surface area contributed by atoms with E-state index in [2.05, 4.69) is 10.3 Å². The lowest BCUT2D eigenvalue weighted by Crippen LogP contribution is -2.00. The molecule has 0 bridgehead atoms. The Kier molecular flexibility index (Phi) is 5.21. The number of ether oxygens (including phenoxy) is 1. The number of aryl methyl sites for hydroxylation is 1. The minimum absolute atomic E-state index is 0.658. The summed E-state index contributed by atoms with van der Waals surface area (Å²) in [5, 5.41) is 8.24. The Morgan fingerprint density at radius 1 is 1.26 bits per heavy atom. The van der Waals surface area contributed by atoms with E-state index < -0.39 is 0 Å². The molecule has 0 saturated heterocycles. The van der Waals surface area contributed by atoms with Crippen molar-refractivity contribution in [3.8, 4) is 5.75 Å². The highest BCUT2D eigenvalue weighted by Crippen LogP contribution is 2.13. The fraction of sp³-hybridized carbons (Fsp3) is 0.429. The third-order valence-electron chi connectivity index (χ3n) is 2.73. The Hall–Kier alpha value is -1.55. The molecule has 0 radical (unpaired) electrons. The van der Waals surface area contributed by atoms with E-state index in [1.165, 1.54) is 5.56 Å². The van der Waals surface area contributed by atoms with Crippen LogP contribution >= 0.6 is 11.6 Å². The third-order valence-corrected chi connectivity index (χ3v) is 3.00. The summed E-state index contributed by atoms with van der Waals surface area (Å²) in [6.45, 7) is 3.39. The van der Waals surface area contributed by atoms with Gasteiger partial charge in [0.1, 0.15) is 5.75 Å². The molecule has 0 aliphatic heterocycles. The Balaban J connectivity index is 1.94. The molecule has 2 aromatic rings. The second-order valence-corrected chi connectivity index (χ2v) is 4.65. The van der Waals surface area contributed by atoms with Crippen LogP contribution in [0.3, 0.4) is 0 Å². The minimum Gasteiger partial charge on any atom is -0.494 e. The molecule has 1 aromatic heterocycles. The molecule has 102 valence electrons. The van der Waals surface area contributed by atoms with Crippen molar-refractivity contribution in [3.05, 3.63) is 41.7 Å². The van der Waals surface area contributed by atoms with Crippen LogP contribution in [0.15, 0.2) is 30.5 Å². The largest absolute Gasteiger partial charge is 0.494 e. The summed E-state index contributed by atoms with van der Waals surface area (Å²) in [5.74, 6) is 1.55. The topological polar surface area (TPSA) is 39.9 Å². The van der Waals surface area contributed by atoms with E-state index in [-0.39, 0.29) is 0 Å². The van der Waals surface area contributed by atoms with Gasteiger partial charge in [0.15, 0.2) is 0 Å². The maximum atomic E-state index is 5.66. The molecular weight excluding hydrogens is 262 g/mol. The number of nitrogens with zero attached hydrogens (tertiary/aromatic N) is 3. The molecule has 0 aliphatic rings. The van der Waals surface area contributed by atoms with Crippen LogP contribution in [0, 0.1) is 0 Å². The number of rotatable bonds is 7. The summed E-state index contributed by atoms with van der Waals surface area (Å²) >= 11 is 5.66. The molecular formula is C14H18ClN3O. The van der Waals surface area contributed by atoms with Crippen LogP contribution in [-0.2, 0) is 13.0 Å². The van der Waals surface area contributed by atoms with Gasteiger partial charge in [0.05, 0.1) is 18.8 Å². The average Bonchev–Trinajstić information content (AvgIpc) is 2.87. The van der Waals surface area contributed by atoms with Crippen molar-refractivity contribution in [2.75, 3.05) is 12.5 Å². The Morgan fingerprint density at radius 3 is 2.74 bits per heavy atom. The van der Waals surface area contributed by atoms with Crippen LogP contribution in [0.5, 0.6) is 5.75 Å². The first-order valence-electron chi connectivity index (χ1n) is 6.48. The van der Waals surface area contributed by atoms with Crippen molar-refractivity contribution >= 4 is 11.6 Å². The number of aromatic nitrogens is 3. The van der Waals surface area contributed by atoms with Crippen molar-refractivity contribution in [2.45, 2.75) is 26.3 Å². The van der Waals surface area contributed by atoms with Gasteiger partial charge in [-0.05, 0) is 37.5 Å². The number of alkyl halides is 1. The molecule has 1 aromatic carbocycles. The number of halogens is 1. The van der Waals surface area contributed by atoms with Crippen LogP contribution in [0.4, 0.5) is 0 Å². The van der Waals surface area contributed by atoms with Crippen LogP contribution in [0.25, 0.3) is 0 Å². The van der Waals surface area contributed by atoms with E-state index in [9.17, 15) is 0 Å². The second-order valence-electron chi connectivity index (χ2n) is 4.28. The first kappa shape index (κ1) is 13.9. The van der Waals surface area contributed by atoms with Crippen molar-refractivity contribution in [3.63, 3.8) is 0 Å². The van der Waals surface area contributed by atoms with Crippen molar-refractivity contribution in [2.24, 2.45) is 0 Å². The SMILES string of the molecule is CCOc1ccc(Cn2cc(CCCCl)nn2)cc1. The summed E-state index contributed by atoms with van der Waals surface area (Å²) in [7, 11) is 0. The smallest absolute Gasteiger partial charge is 0.119 e. The molecule has 0 N–H and O–H groups in total. The maximum absolute atomic E-state index is 5.66. The quantitative estimate of drug-likeness (QED) is 0.732. The molecule has 0 amide bonds. The zero-order valence-electron chi connectivity index (χ0n) is 11.1. The van der Waals surface area contributed by atoms with E-state index >= 15 is 0 Å². The monoisotopic (exact) mass is 279 g/mol. The molecule has 0 atom stereocenters. The Labute approximate surface area is 118 Å². The molecule has 1 heterocycles. The fourth-order valence-electron chi connectivity index (χ4n) is 1.82. The first-order chi connectivity index (χ1) is 9.31. The van der Waals surface area contributed by atoms with Gasteiger partial charge in [0.25, 0.3) is 0 Å². The lowest BCUT2D eigenvalue weighted by molar-refractivity contribution is 0.340. The second kappa shape index (κ2) is 7.14. The Morgan fingerprint density at radius 2 is 2.05 bits per heavy atom. The third kappa shape index (κ3) is 4.24. The molecule has 4 nitrogen and oxygen atoms in total. The van der Waals surface area contributed by atoms with Crippen molar-refractivity contribution in [1.29, 1.82) is 0 Å². The van der Waals surface area contributed by atoms with Gasteiger partial charge < -0.3 is 4.74 Å².